The molecular weight excluding hydrogens is 331 g/mol. The van der Waals surface area contributed by atoms with Crippen molar-refractivity contribution >= 4 is 7.92 Å². The Balaban J connectivity index is 1.48. The average Bonchev–Trinajstić information content (AvgIpc) is 3.30. The summed E-state index contributed by atoms with van der Waals surface area (Å²) in [5.74, 6) is 0. The van der Waals surface area contributed by atoms with Crippen LogP contribution in [-0.2, 0) is 11.2 Å². The minimum atomic E-state index is -3.32. The summed E-state index contributed by atoms with van der Waals surface area (Å²) in [5, 5.41) is 1.02. The molecule has 10 saturated heterocycles. The summed E-state index contributed by atoms with van der Waals surface area (Å²) in [6, 6.07) is 0. The van der Waals surface area contributed by atoms with Gasteiger partial charge in [0.15, 0.2) is 0 Å². The van der Waals surface area contributed by atoms with Gasteiger partial charge in [0.1, 0.15) is 0 Å². The number of hydrogen-bond acceptors (Lipinski definition) is 1. The van der Waals surface area contributed by atoms with E-state index in [9.17, 15) is 0 Å². The van der Waals surface area contributed by atoms with Crippen molar-refractivity contribution in [1.29, 1.82) is 0 Å². The van der Waals surface area contributed by atoms with Gasteiger partial charge in [0, 0.05) is 0 Å². The molecule has 0 bridgehead atoms. The molecule has 124 valence electrons. The Morgan fingerprint density at radius 1 is 0.773 bits per heavy atom. The van der Waals surface area contributed by atoms with Crippen LogP contribution in [0.1, 0.15) is 41.5 Å². The van der Waals surface area contributed by atoms with Gasteiger partial charge in [-0.1, -0.05) is 0 Å². The van der Waals surface area contributed by atoms with Crippen LogP contribution in [0.25, 0.3) is 0 Å². The number of ether oxygens (including phenoxy) is 1. The Morgan fingerprint density at radius 3 is 1.45 bits per heavy atom. The molecule has 0 N–H and O–H groups in total. The fraction of sp³-hybridized carbons (Fsp3) is 1.00. The van der Waals surface area contributed by atoms with Gasteiger partial charge in [-0.3, -0.25) is 0 Å². The second-order valence-electron chi connectivity index (χ2n) is 14.5. The van der Waals surface area contributed by atoms with E-state index in [2.05, 4.69) is 48.7 Å². The molecule has 0 amide bonds. The Bertz CT molecular complexity index is 1100. The molecule has 1 spiro atoms. The Morgan fingerprint density at radius 2 is 1.23 bits per heavy atom. The molecule has 10 aliphatic heterocycles. The van der Waals surface area contributed by atoms with E-state index >= 15 is 0 Å². The summed E-state index contributed by atoms with van der Waals surface area (Å²) < 4.78 is 8.28. The van der Waals surface area contributed by atoms with Crippen molar-refractivity contribution in [3.8, 4) is 0 Å². The molecule has 1 nitrogen and oxygen atoms in total. The molecule has 0 saturated carbocycles. The van der Waals surface area contributed by atoms with Crippen molar-refractivity contribution in [2.24, 2.45) is 0 Å². The van der Waals surface area contributed by atoms with E-state index in [1.165, 1.54) is 38.5 Å². The molecule has 0 aromatic carbocycles. The molecule has 10 heterocycles. The van der Waals surface area contributed by atoms with E-state index in [1.807, 2.05) is 0 Å². The van der Waals surface area contributed by atoms with Gasteiger partial charge in [-0.2, -0.15) is 0 Å². The molecule has 0 aromatic rings. The fourth-order valence-corrected chi connectivity index (χ4v) is 112. The summed E-state index contributed by atoms with van der Waals surface area (Å²) >= 11 is 0. The zero-order valence-corrected chi connectivity index (χ0v) is 16.8. The summed E-state index contributed by atoms with van der Waals surface area (Å²) in [6.07, 6.45) is 0. The van der Waals surface area contributed by atoms with E-state index in [4.69, 9.17) is 4.74 Å². The first-order chi connectivity index (χ1) is 9.86. The first-order valence-corrected chi connectivity index (χ1v) is 17.0. The predicted octanol–water partition coefficient (Wildman–Crippen LogP) is 5.92. The molecule has 10 fully saturated rings. The van der Waals surface area contributed by atoms with Crippen LogP contribution in [0.3, 0.4) is 0 Å². The van der Waals surface area contributed by atoms with E-state index in [0.717, 1.165) is 4.05 Å². The summed E-state index contributed by atoms with van der Waals surface area (Å²) in [4.78, 5) is 10.7. The van der Waals surface area contributed by atoms with Crippen LogP contribution in [-0.4, -0.2) is 26.0 Å². The van der Waals surface area contributed by atoms with E-state index < -0.39 is 6.51 Å². The molecular formula is C19H29FeOP. The quantitative estimate of drug-likeness (QED) is 0.439. The number of hydrogen-bond donors (Lipinski definition) is 0. The molecule has 0 aliphatic carbocycles. The Kier molecular flexibility index (Phi) is 0.491. The molecule has 0 radical (unpaired) electrons. The van der Waals surface area contributed by atoms with Gasteiger partial charge in [0.05, 0.1) is 0 Å². The maximum atomic E-state index is 6.81. The average molecular weight is 360 g/mol. The maximum absolute atomic E-state index is 6.81. The van der Waals surface area contributed by atoms with Gasteiger partial charge in [-0.15, -0.1) is 0 Å². The zero-order chi connectivity index (χ0) is 15.2. The van der Waals surface area contributed by atoms with Crippen LogP contribution >= 0.6 is 7.92 Å². The summed E-state index contributed by atoms with van der Waals surface area (Å²) in [6.45, 7) is 12.3. The minimum absolute atomic E-state index is 0.0604. The molecule has 22 heavy (non-hydrogen) atoms. The predicted molar refractivity (Wildman–Crippen MR) is 88.9 cm³/mol. The normalized spacial score (nSPS) is 100. The SMILES string of the molecule is CO[C]12[CH]3[CH]4[CH]5[C]1(P(C(C)(C)C)C(C)(C)C)[Fe]43521678[CH]2[CH]1[CH]6[CH]7[CH]28. The first kappa shape index (κ1) is 10.8. The van der Waals surface area contributed by atoms with Crippen molar-refractivity contribution in [3.63, 3.8) is 0 Å². The molecule has 10 aliphatic rings. The standard InChI is InChI=1S/C14H24OP.C5H5.Fe/c1-13(2,3)16(14(4,5)6)12-10-8-9-11(12)15-7;1-2-4-5-3-1;/h8-10H,1-7H3;1-5H;. The summed E-state index contributed by atoms with van der Waals surface area (Å²) in [7, 11) is 2.23. The van der Waals surface area contributed by atoms with Crippen LogP contribution in [0.4, 0.5) is 0 Å². The first-order valence-electron chi connectivity index (χ1n) is 9.43. The Hall–Kier alpha value is 0.909. The van der Waals surface area contributed by atoms with E-state index in [-0.39, 0.29) is 7.92 Å². The van der Waals surface area contributed by atoms with Crippen molar-refractivity contribution in [2.45, 2.75) is 98.9 Å². The number of fused-ring (bicyclic) bond motifs is 10. The molecule has 5 atom stereocenters. The van der Waals surface area contributed by atoms with Gasteiger partial charge in [-0.05, 0) is 0 Å². The Labute approximate surface area is 125 Å². The van der Waals surface area contributed by atoms with Crippen molar-refractivity contribution < 1.29 is 11.2 Å². The number of methoxy groups -OCH3 is 1. The fourth-order valence-electron chi connectivity index (χ4n) is 19.4. The monoisotopic (exact) mass is 360 g/mol. The van der Waals surface area contributed by atoms with Gasteiger partial charge in [0.25, 0.3) is 0 Å². The van der Waals surface area contributed by atoms with Gasteiger partial charge in [-0.25, -0.2) is 0 Å². The van der Waals surface area contributed by atoms with Crippen molar-refractivity contribution in [3.05, 3.63) is 0 Å². The molecule has 5 unspecified atom stereocenters. The second kappa shape index (κ2) is 0.999. The van der Waals surface area contributed by atoms with Crippen LogP contribution in [0.5, 0.6) is 0 Å². The third kappa shape index (κ3) is 0.134. The van der Waals surface area contributed by atoms with Crippen molar-refractivity contribution in [2.75, 3.05) is 7.11 Å². The van der Waals surface area contributed by atoms with E-state index in [0.29, 0.717) is 14.8 Å². The van der Waals surface area contributed by atoms with Crippen LogP contribution in [0, 0.1) is 0 Å². The summed E-state index contributed by atoms with van der Waals surface area (Å²) in [5.41, 5.74) is 0. The van der Waals surface area contributed by atoms with Gasteiger partial charge >= 0.3 is 125 Å². The van der Waals surface area contributed by atoms with Gasteiger partial charge < -0.3 is 0 Å². The van der Waals surface area contributed by atoms with Crippen molar-refractivity contribution in [1.82, 2.24) is 0 Å². The molecule has 3 heteroatoms. The second-order valence-corrected chi connectivity index (χ2v) is 42.1. The van der Waals surface area contributed by atoms with Crippen LogP contribution in [0.2, 0.25) is 38.5 Å². The topological polar surface area (TPSA) is 9.23 Å². The molecule has 10 rings (SSSR count). The van der Waals surface area contributed by atoms with Crippen LogP contribution in [0.15, 0.2) is 0 Å². The third-order valence-electron chi connectivity index (χ3n) is 16.6. The van der Waals surface area contributed by atoms with Crippen LogP contribution < -0.4 is 0 Å². The zero-order valence-electron chi connectivity index (χ0n) is 14.8. The van der Waals surface area contributed by atoms with E-state index in [1.54, 1.807) is 0 Å². The molecule has 0 aromatic heterocycles. The third-order valence-corrected chi connectivity index (χ3v) is 67.0. The van der Waals surface area contributed by atoms with Gasteiger partial charge in [0.2, 0.25) is 0 Å². The number of rotatable bonds is 2.